The van der Waals surface area contributed by atoms with E-state index >= 15 is 0 Å². The summed E-state index contributed by atoms with van der Waals surface area (Å²) >= 11 is 4.95. The molecule has 3 rings (SSSR count). The van der Waals surface area contributed by atoms with Gasteiger partial charge in [0.1, 0.15) is 0 Å². The van der Waals surface area contributed by atoms with E-state index in [1.165, 1.54) is 11.8 Å². The van der Waals surface area contributed by atoms with Crippen LogP contribution in [0.15, 0.2) is 64.2 Å². The lowest BCUT2D eigenvalue weighted by molar-refractivity contribution is -0.127. The first-order valence-corrected chi connectivity index (χ1v) is 10.8. The normalized spacial score (nSPS) is 10.5. The fourth-order valence-corrected chi connectivity index (χ4v) is 4.07. The van der Waals surface area contributed by atoms with E-state index in [0.29, 0.717) is 24.7 Å². The van der Waals surface area contributed by atoms with Crippen LogP contribution in [-0.2, 0) is 11.3 Å². The lowest BCUT2D eigenvalue weighted by Crippen LogP contribution is -2.29. The van der Waals surface area contributed by atoms with Crippen molar-refractivity contribution in [2.75, 3.05) is 19.3 Å². The number of nitriles is 1. The van der Waals surface area contributed by atoms with Crippen LogP contribution in [0.3, 0.4) is 0 Å². The Balaban J connectivity index is 1.86. The first-order valence-electron chi connectivity index (χ1n) is 9.06. The zero-order valence-electron chi connectivity index (χ0n) is 16.0. The van der Waals surface area contributed by atoms with E-state index in [0.717, 1.165) is 21.4 Å². The fourth-order valence-electron chi connectivity index (χ4n) is 2.72. The van der Waals surface area contributed by atoms with E-state index in [-0.39, 0.29) is 11.7 Å². The lowest BCUT2D eigenvalue weighted by atomic mass is 10.2. The van der Waals surface area contributed by atoms with E-state index in [4.69, 9.17) is 5.26 Å². The second kappa shape index (κ2) is 10.2. The topological polar surface area (TPSA) is 74.8 Å². The number of amides is 1. The zero-order chi connectivity index (χ0) is 20.6. The molecule has 2 aromatic carbocycles. The molecule has 0 spiro atoms. The van der Waals surface area contributed by atoms with E-state index in [1.54, 1.807) is 11.9 Å². The van der Waals surface area contributed by atoms with Crippen molar-refractivity contribution in [1.82, 2.24) is 19.7 Å². The molecule has 0 aliphatic carbocycles. The van der Waals surface area contributed by atoms with Crippen molar-refractivity contribution >= 4 is 33.6 Å². The third kappa shape index (κ3) is 5.46. The Morgan fingerprint density at radius 3 is 2.62 bits per heavy atom. The molecule has 0 atom stereocenters. The number of carbonyl (C=O) groups excluding carboxylic acids is 1. The Morgan fingerprint density at radius 2 is 1.90 bits per heavy atom. The molecule has 148 valence electrons. The van der Waals surface area contributed by atoms with Gasteiger partial charge in [0, 0.05) is 23.6 Å². The minimum Gasteiger partial charge on any atom is -0.344 e. The number of halogens is 1. The summed E-state index contributed by atoms with van der Waals surface area (Å²) in [4.78, 5) is 13.9. The van der Waals surface area contributed by atoms with E-state index in [9.17, 15) is 4.79 Å². The summed E-state index contributed by atoms with van der Waals surface area (Å²) in [5, 5.41) is 18.1. The first kappa shape index (κ1) is 21.1. The van der Waals surface area contributed by atoms with Crippen LogP contribution in [-0.4, -0.2) is 44.9 Å². The predicted molar refractivity (Wildman–Crippen MR) is 117 cm³/mol. The summed E-state index contributed by atoms with van der Waals surface area (Å²) in [6, 6.07) is 20.0. The third-order valence-corrected chi connectivity index (χ3v) is 5.97. The minimum absolute atomic E-state index is 0.0399. The summed E-state index contributed by atoms with van der Waals surface area (Å²) in [6.45, 7) is 1.03. The SMILES string of the molecule is CN(CCC#N)C(=O)CSc1nnc(-c2ccccc2Br)n1Cc1ccccc1. The Hall–Kier alpha value is -2.63. The largest absolute Gasteiger partial charge is 0.344 e. The standard InChI is InChI=1S/C21H20BrN5OS/c1-26(13-7-12-23)19(28)15-29-21-25-24-20(17-10-5-6-11-18(17)22)27(21)14-16-8-3-2-4-9-16/h2-6,8-11H,7,13-15H2,1H3. The average molecular weight is 470 g/mol. The molecule has 0 aliphatic heterocycles. The molecule has 1 heterocycles. The van der Waals surface area contributed by atoms with Crippen LogP contribution in [0.25, 0.3) is 11.4 Å². The van der Waals surface area contributed by atoms with Crippen LogP contribution in [0, 0.1) is 11.3 Å². The Morgan fingerprint density at radius 1 is 1.17 bits per heavy atom. The lowest BCUT2D eigenvalue weighted by Gasteiger charge is -2.15. The van der Waals surface area contributed by atoms with E-state index in [1.807, 2.05) is 47.0 Å². The monoisotopic (exact) mass is 469 g/mol. The van der Waals surface area contributed by atoms with Crippen molar-refractivity contribution < 1.29 is 4.79 Å². The molecule has 0 radical (unpaired) electrons. The summed E-state index contributed by atoms with van der Waals surface area (Å²) in [5.74, 6) is 0.946. The number of thioether (sulfide) groups is 1. The average Bonchev–Trinajstić information content (AvgIpc) is 3.13. The molecular formula is C21H20BrN5OS. The highest BCUT2D eigenvalue weighted by atomic mass is 79.9. The van der Waals surface area contributed by atoms with Gasteiger partial charge in [-0.15, -0.1) is 10.2 Å². The number of carbonyl (C=O) groups is 1. The smallest absolute Gasteiger partial charge is 0.232 e. The van der Waals surface area contributed by atoms with Gasteiger partial charge < -0.3 is 4.90 Å². The third-order valence-electron chi connectivity index (χ3n) is 4.32. The van der Waals surface area contributed by atoms with E-state index in [2.05, 4.69) is 44.3 Å². The van der Waals surface area contributed by atoms with Crippen molar-refractivity contribution in [3.8, 4) is 17.5 Å². The van der Waals surface area contributed by atoms with Gasteiger partial charge in [-0.1, -0.05) is 76.2 Å². The predicted octanol–water partition coefficient (Wildman–Crippen LogP) is 4.22. The second-order valence-electron chi connectivity index (χ2n) is 6.37. The molecule has 1 amide bonds. The van der Waals surface area contributed by atoms with Gasteiger partial charge in [0.15, 0.2) is 11.0 Å². The van der Waals surface area contributed by atoms with E-state index < -0.39 is 0 Å². The summed E-state index contributed by atoms with van der Waals surface area (Å²) < 4.78 is 2.97. The van der Waals surface area contributed by atoms with Crippen LogP contribution >= 0.6 is 27.7 Å². The maximum absolute atomic E-state index is 12.4. The van der Waals surface area contributed by atoms with Gasteiger partial charge in [0.2, 0.25) is 5.91 Å². The van der Waals surface area contributed by atoms with Gasteiger partial charge in [-0.05, 0) is 11.6 Å². The molecule has 3 aromatic rings. The van der Waals surface area contributed by atoms with Crippen molar-refractivity contribution in [2.24, 2.45) is 0 Å². The summed E-state index contributed by atoms with van der Waals surface area (Å²) in [6.07, 6.45) is 0.323. The van der Waals surface area contributed by atoms with Gasteiger partial charge in [-0.3, -0.25) is 9.36 Å². The van der Waals surface area contributed by atoms with Crippen molar-refractivity contribution in [2.45, 2.75) is 18.1 Å². The van der Waals surface area contributed by atoms with Crippen molar-refractivity contribution in [3.63, 3.8) is 0 Å². The molecule has 0 aliphatic rings. The molecule has 6 nitrogen and oxygen atoms in total. The maximum Gasteiger partial charge on any atom is 0.232 e. The van der Waals surface area contributed by atoms with Crippen LogP contribution in [0.2, 0.25) is 0 Å². The van der Waals surface area contributed by atoms with Crippen LogP contribution in [0.4, 0.5) is 0 Å². The quantitative estimate of drug-likeness (QED) is 0.461. The van der Waals surface area contributed by atoms with Crippen LogP contribution < -0.4 is 0 Å². The molecule has 0 saturated carbocycles. The molecule has 0 unspecified atom stereocenters. The van der Waals surface area contributed by atoms with Gasteiger partial charge in [0.05, 0.1) is 24.8 Å². The van der Waals surface area contributed by atoms with Crippen LogP contribution in [0.1, 0.15) is 12.0 Å². The molecule has 8 heteroatoms. The van der Waals surface area contributed by atoms with Crippen molar-refractivity contribution in [3.05, 3.63) is 64.6 Å². The number of benzene rings is 2. The molecule has 1 aromatic heterocycles. The number of hydrogen-bond donors (Lipinski definition) is 0. The summed E-state index contributed by atoms with van der Waals surface area (Å²) in [7, 11) is 1.71. The molecule has 0 fully saturated rings. The summed E-state index contributed by atoms with van der Waals surface area (Å²) in [5.41, 5.74) is 2.07. The molecule has 0 bridgehead atoms. The van der Waals surface area contributed by atoms with Gasteiger partial charge in [-0.2, -0.15) is 5.26 Å². The number of aromatic nitrogens is 3. The number of nitrogens with zero attached hydrogens (tertiary/aromatic N) is 5. The molecule has 29 heavy (non-hydrogen) atoms. The van der Waals surface area contributed by atoms with Gasteiger partial charge in [0.25, 0.3) is 0 Å². The molecule has 0 saturated heterocycles. The Labute approximate surface area is 182 Å². The Kier molecular flexibility index (Phi) is 7.44. The second-order valence-corrected chi connectivity index (χ2v) is 8.17. The highest BCUT2D eigenvalue weighted by Crippen LogP contribution is 2.30. The zero-order valence-corrected chi connectivity index (χ0v) is 18.4. The fraction of sp³-hybridized carbons (Fsp3) is 0.238. The van der Waals surface area contributed by atoms with Gasteiger partial charge >= 0.3 is 0 Å². The van der Waals surface area contributed by atoms with Crippen LogP contribution in [0.5, 0.6) is 0 Å². The maximum atomic E-state index is 12.4. The number of hydrogen-bond acceptors (Lipinski definition) is 5. The highest BCUT2D eigenvalue weighted by Gasteiger charge is 2.18. The first-order chi connectivity index (χ1) is 14.1. The minimum atomic E-state index is -0.0399. The molecule has 0 N–H and O–H groups in total. The Bertz CT molecular complexity index is 1020. The molecular weight excluding hydrogens is 450 g/mol. The number of rotatable bonds is 8. The highest BCUT2D eigenvalue weighted by molar-refractivity contribution is 9.10. The van der Waals surface area contributed by atoms with Gasteiger partial charge in [-0.25, -0.2) is 0 Å². The van der Waals surface area contributed by atoms with Crippen molar-refractivity contribution in [1.29, 1.82) is 5.26 Å².